The molecule has 2 rings (SSSR count). The highest BCUT2D eigenvalue weighted by molar-refractivity contribution is 5.94. The van der Waals surface area contributed by atoms with Crippen LogP contribution in [-0.2, 0) is 4.74 Å². The summed E-state index contributed by atoms with van der Waals surface area (Å²) >= 11 is 0. The molecule has 1 aromatic carbocycles. The van der Waals surface area contributed by atoms with Gasteiger partial charge < -0.3 is 20.5 Å². The number of nitrogens with two attached hydrogens (primary N) is 1. The van der Waals surface area contributed by atoms with Gasteiger partial charge in [0.2, 0.25) is 0 Å². The molecule has 0 aromatic heterocycles. The highest BCUT2D eigenvalue weighted by atomic mass is 16.5. The third-order valence-corrected chi connectivity index (χ3v) is 2.87. The summed E-state index contributed by atoms with van der Waals surface area (Å²) in [4.78, 5) is 13.0. The first-order valence-electron chi connectivity index (χ1n) is 5.57. The van der Waals surface area contributed by atoms with Crippen molar-refractivity contribution in [2.45, 2.75) is 13.0 Å². The van der Waals surface area contributed by atoms with E-state index in [0.717, 1.165) is 18.8 Å². The van der Waals surface area contributed by atoms with Gasteiger partial charge in [0.1, 0.15) is 0 Å². The molecule has 0 unspecified atom stereocenters. The molecule has 5 heteroatoms. The fourth-order valence-electron chi connectivity index (χ4n) is 1.99. The molecule has 1 aromatic rings. The normalized spacial score (nSPS) is 20.3. The SMILES string of the molecule is C[C@H]1CN(c2ccc(C(=O)O)c(N)c2)CCO1. The molecule has 17 heavy (non-hydrogen) atoms. The lowest BCUT2D eigenvalue weighted by Crippen LogP contribution is -2.41. The lowest BCUT2D eigenvalue weighted by Gasteiger charge is -2.33. The van der Waals surface area contributed by atoms with Crippen LogP contribution in [0.4, 0.5) is 11.4 Å². The van der Waals surface area contributed by atoms with Crippen LogP contribution < -0.4 is 10.6 Å². The van der Waals surface area contributed by atoms with E-state index in [-0.39, 0.29) is 11.7 Å². The van der Waals surface area contributed by atoms with Crippen molar-refractivity contribution < 1.29 is 14.6 Å². The molecule has 92 valence electrons. The number of carboxylic acid groups (broad SMARTS) is 1. The Morgan fingerprint density at radius 3 is 2.94 bits per heavy atom. The van der Waals surface area contributed by atoms with Gasteiger partial charge in [-0.2, -0.15) is 0 Å². The molecule has 0 saturated carbocycles. The third kappa shape index (κ3) is 2.50. The molecule has 0 radical (unpaired) electrons. The molecule has 0 spiro atoms. The largest absolute Gasteiger partial charge is 0.478 e. The molecule has 5 nitrogen and oxygen atoms in total. The summed E-state index contributed by atoms with van der Waals surface area (Å²) in [5, 5.41) is 8.90. The van der Waals surface area contributed by atoms with Crippen molar-refractivity contribution in [3.05, 3.63) is 23.8 Å². The number of carbonyl (C=O) groups is 1. The number of morpholine rings is 1. The summed E-state index contributed by atoms with van der Waals surface area (Å²) in [7, 11) is 0. The van der Waals surface area contributed by atoms with Gasteiger partial charge in [-0.15, -0.1) is 0 Å². The van der Waals surface area contributed by atoms with Crippen molar-refractivity contribution >= 4 is 17.3 Å². The van der Waals surface area contributed by atoms with Crippen molar-refractivity contribution in [1.82, 2.24) is 0 Å². The summed E-state index contributed by atoms with van der Waals surface area (Å²) < 4.78 is 5.45. The quantitative estimate of drug-likeness (QED) is 0.754. The monoisotopic (exact) mass is 236 g/mol. The molecule has 1 heterocycles. The second-order valence-corrected chi connectivity index (χ2v) is 4.20. The standard InChI is InChI=1S/C12H16N2O3/c1-8-7-14(4-5-17-8)9-2-3-10(12(15)16)11(13)6-9/h2-3,6,8H,4-5,7,13H2,1H3,(H,15,16)/t8-/m0/s1. The summed E-state index contributed by atoms with van der Waals surface area (Å²) in [6.07, 6.45) is 0.184. The lowest BCUT2D eigenvalue weighted by molar-refractivity contribution is 0.0532. The van der Waals surface area contributed by atoms with E-state index in [9.17, 15) is 4.79 Å². The zero-order valence-corrected chi connectivity index (χ0v) is 9.72. The van der Waals surface area contributed by atoms with Crippen LogP contribution >= 0.6 is 0 Å². The fraction of sp³-hybridized carbons (Fsp3) is 0.417. The van der Waals surface area contributed by atoms with Crippen molar-refractivity contribution in [1.29, 1.82) is 0 Å². The minimum atomic E-state index is -0.996. The molecule has 0 aliphatic carbocycles. The molecule has 1 fully saturated rings. The zero-order chi connectivity index (χ0) is 12.4. The number of rotatable bonds is 2. The Morgan fingerprint density at radius 2 is 2.35 bits per heavy atom. The Hall–Kier alpha value is -1.75. The number of anilines is 2. The Kier molecular flexibility index (Phi) is 3.19. The molecule has 1 atom stereocenters. The van der Waals surface area contributed by atoms with Crippen LogP contribution in [-0.4, -0.2) is 36.9 Å². The average Bonchev–Trinajstić information content (AvgIpc) is 2.28. The molecule has 1 aliphatic heterocycles. The number of benzene rings is 1. The topological polar surface area (TPSA) is 75.8 Å². The van der Waals surface area contributed by atoms with Crippen LogP contribution in [0.25, 0.3) is 0 Å². The van der Waals surface area contributed by atoms with Crippen LogP contribution in [0.3, 0.4) is 0 Å². The van der Waals surface area contributed by atoms with E-state index in [4.69, 9.17) is 15.6 Å². The predicted molar refractivity (Wildman–Crippen MR) is 65.4 cm³/mol. The van der Waals surface area contributed by atoms with Gasteiger partial charge in [0.05, 0.1) is 18.3 Å². The number of ether oxygens (including phenoxy) is 1. The van der Waals surface area contributed by atoms with E-state index in [1.54, 1.807) is 18.2 Å². The molecule has 1 saturated heterocycles. The van der Waals surface area contributed by atoms with Gasteiger partial charge >= 0.3 is 5.97 Å². The number of aromatic carboxylic acids is 1. The second-order valence-electron chi connectivity index (χ2n) is 4.20. The molecular formula is C12H16N2O3. The maximum absolute atomic E-state index is 10.8. The van der Waals surface area contributed by atoms with E-state index in [0.29, 0.717) is 12.3 Å². The van der Waals surface area contributed by atoms with Crippen LogP contribution in [0.2, 0.25) is 0 Å². The second kappa shape index (κ2) is 4.63. The van der Waals surface area contributed by atoms with E-state index in [1.165, 1.54) is 0 Å². The Bertz CT molecular complexity index is 434. The van der Waals surface area contributed by atoms with Crippen molar-refractivity contribution in [2.75, 3.05) is 30.3 Å². The Labute approximate surface area is 99.8 Å². The maximum atomic E-state index is 10.8. The molecule has 0 bridgehead atoms. The van der Waals surface area contributed by atoms with Gasteiger partial charge in [-0.3, -0.25) is 0 Å². The lowest BCUT2D eigenvalue weighted by atomic mass is 10.1. The highest BCUT2D eigenvalue weighted by Gasteiger charge is 2.18. The van der Waals surface area contributed by atoms with Gasteiger partial charge in [-0.05, 0) is 25.1 Å². The third-order valence-electron chi connectivity index (χ3n) is 2.87. The number of nitrogen functional groups attached to an aromatic ring is 1. The van der Waals surface area contributed by atoms with Crippen LogP contribution in [0.15, 0.2) is 18.2 Å². The highest BCUT2D eigenvalue weighted by Crippen LogP contribution is 2.23. The van der Waals surface area contributed by atoms with Gasteiger partial charge in [-0.25, -0.2) is 4.79 Å². The van der Waals surface area contributed by atoms with Gasteiger partial charge in [0.25, 0.3) is 0 Å². The zero-order valence-electron chi connectivity index (χ0n) is 9.72. The smallest absolute Gasteiger partial charge is 0.337 e. The fourth-order valence-corrected chi connectivity index (χ4v) is 1.99. The molecule has 1 aliphatic rings. The number of hydrogen-bond acceptors (Lipinski definition) is 4. The molecule has 3 N–H and O–H groups in total. The summed E-state index contributed by atoms with van der Waals surface area (Å²) in [6, 6.07) is 5.05. The van der Waals surface area contributed by atoms with Gasteiger partial charge in [-0.1, -0.05) is 0 Å². The van der Waals surface area contributed by atoms with Crippen molar-refractivity contribution in [2.24, 2.45) is 0 Å². The number of carboxylic acids is 1. The molecular weight excluding hydrogens is 220 g/mol. The maximum Gasteiger partial charge on any atom is 0.337 e. The van der Waals surface area contributed by atoms with Crippen LogP contribution in [0, 0.1) is 0 Å². The van der Waals surface area contributed by atoms with Crippen LogP contribution in [0.5, 0.6) is 0 Å². The number of hydrogen-bond donors (Lipinski definition) is 2. The Morgan fingerprint density at radius 1 is 1.59 bits per heavy atom. The summed E-state index contributed by atoms with van der Waals surface area (Å²) in [6.45, 7) is 4.30. The predicted octanol–water partition coefficient (Wildman–Crippen LogP) is 1.19. The van der Waals surface area contributed by atoms with Crippen molar-refractivity contribution in [3.63, 3.8) is 0 Å². The van der Waals surface area contributed by atoms with Crippen LogP contribution in [0.1, 0.15) is 17.3 Å². The summed E-state index contributed by atoms with van der Waals surface area (Å²) in [5.74, 6) is -0.996. The Balaban J connectivity index is 2.22. The van der Waals surface area contributed by atoms with Crippen molar-refractivity contribution in [3.8, 4) is 0 Å². The van der Waals surface area contributed by atoms with E-state index < -0.39 is 5.97 Å². The minimum Gasteiger partial charge on any atom is -0.478 e. The van der Waals surface area contributed by atoms with Gasteiger partial charge in [0.15, 0.2) is 0 Å². The van der Waals surface area contributed by atoms with Gasteiger partial charge in [0, 0.05) is 24.5 Å². The molecule has 0 amide bonds. The number of nitrogens with zero attached hydrogens (tertiary/aromatic N) is 1. The average molecular weight is 236 g/mol. The summed E-state index contributed by atoms with van der Waals surface area (Å²) in [5.41, 5.74) is 7.12. The first-order chi connectivity index (χ1) is 8.08. The first-order valence-corrected chi connectivity index (χ1v) is 5.57. The minimum absolute atomic E-state index is 0.148. The first kappa shape index (κ1) is 11.7. The van der Waals surface area contributed by atoms with E-state index in [2.05, 4.69) is 4.90 Å². The van der Waals surface area contributed by atoms with E-state index in [1.807, 2.05) is 6.92 Å². The van der Waals surface area contributed by atoms with E-state index >= 15 is 0 Å².